The lowest BCUT2D eigenvalue weighted by Crippen LogP contribution is -2.47. The van der Waals surface area contributed by atoms with Crippen LogP contribution < -0.4 is 5.32 Å². The van der Waals surface area contributed by atoms with E-state index in [0.29, 0.717) is 5.41 Å². The zero-order valence-electron chi connectivity index (χ0n) is 12.5. The third kappa shape index (κ3) is 3.71. The molecule has 1 saturated carbocycles. The Morgan fingerprint density at radius 1 is 1.21 bits per heavy atom. The lowest BCUT2D eigenvalue weighted by molar-refractivity contribution is 0.0864. The van der Waals surface area contributed by atoms with Gasteiger partial charge in [0.05, 0.1) is 6.61 Å². The minimum absolute atomic E-state index is 0.404. The average molecular weight is 266 g/mol. The summed E-state index contributed by atoms with van der Waals surface area (Å²) in [5.74, 6) is 0.983. The SMILES string of the molecule is CCC1CCN(CC2(CNC3CC3)CCOC2)CC1. The highest BCUT2D eigenvalue weighted by Gasteiger charge is 2.38. The molecule has 110 valence electrons. The van der Waals surface area contributed by atoms with Crippen LogP contribution in [0, 0.1) is 11.3 Å². The van der Waals surface area contributed by atoms with Gasteiger partial charge in [-0.25, -0.2) is 0 Å². The highest BCUT2D eigenvalue weighted by molar-refractivity contribution is 4.92. The van der Waals surface area contributed by atoms with Gasteiger partial charge in [-0.3, -0.25) is 0 Å². The molecule has 0 radical (unpaired) electrons. The van der Waals surface area contributed by atoms with E-state index in [1.54, 1.807) is 0 Å². The molecule has 1 N–H and O–H groups in total. The zero-order valence-corrected chi connectivity index (χ0v) is 12.5. The first-order chi connectivity index (χ1) is 9.30. The van der Waals surface area contributed by atoms with Gasteiger partial charge in [-0.05, 0) is 51.1 Å². The van der Waals surface area contributed by atoms with Gasteiger partial charge >= 0.3 is 0 Å². The van der Waals surface area contributed by atoms with E-state index in [4.69, 9.17) is 4.74 Å². The summed E-state index contributed by atoms with van der Waals surface area (Å²) in [4.78, 5) is 2.70. The molecule has 19 heavy (non-hydrogen) atoms. The van der Waals surface area contributed by atoms with Gasteiger partial charge in [0.2, 0.25) is 0 Å². The van der Waals surface area contributed by atoms with E-state index < -0.39 is 0 Å². The van der Waals surface area contributed by atoms with Crippen LogP contribution in [0.4, 0.5) is 0 Å². The summed E-state index contributed by atoms with van der Waals surface area (Å²) in [5.41, 5.74) is 0.404. The maximum Gasteiger partial charge on any atom is 0.0547 e. The first kappa shape index (κ1) is 13.8. The first-order valence-electron chi connectivity index (χ1n) is 8.33. The highest BCUT2D eigenvalue weighted by atomic mass is 16.5. The van der Waals surface area contributed by atoms with Crippen LogP contribution in [0.25, 0.3) is 0 Å². The topological polar surface area (TPSA) is 24.5 Å². The van der Waals surface area contributed by atoms with Gasteiger partial charge in [0.15, 0.2) is 0 Å². The Morgan fingerprint density at radius 2 is 2.00 bits per heavy atom. The third-order valence-corrected chi connectivity index (χ3v) is 5.37. The smallest absolute Gasteiger partial charge is 0.0547 e. The lowest BCUT2D eigenvalue weighted by atomic mass is 9.85. The Bertz CT molecular complexity index is 276. The maximum absolute atomic E-state index is 5.73. The molecule has 2 heterocycles. The molecule has 3 heteroatoms. The Kier molecular flexibility index (Phi) is 4.45. The molecule has 0 aromatic heterocycles. The second kappa shape index (κ2) is 6.11. The van der Waals surface area contributed by atoms with Crippen molar-refractivity contribution in [2.75, 3.05) is 39.4 Å². The molecule has 0 spiro atoms. The van der Waals surface area contributed by atoms with E-state index in [2.05, 4.69) is 17.1 Å². The Hall–Kier alpha value is -0.120. The van der Waals surface area contributed by atoms with E-state index in [1.807, 2.05) is 0 Å². The van der Waals surface area contributed by atoms with Crippen LogP contribution in [-0.4, -0.2) is 50.3 Å². The summed E-state index contributed by atoms with van der Waals surface area (Å²) >= 11 is 0. The van der Waals surface area contributed by atoms with Crippen molar-refractivity contribution in [2.45, 2.75) is 51.5 Å². The zero-order chi connectivity index (χ0) is 13.1. The van der Waals surface area contributed by atoms with E-state index in [1.165, 1.54) is 64.7 Å². The summed E-state index contributed by atoms with van der Waals surface area (Å²) in [5, 5.41) is 3.74. The summed E-state index contributed by atoms with van der Waals surface area (Å²) in [6.07, 6.45) is 8.20. The van der Waals surface area contributed by atoms with Gasteiger partial charge in [-0.1, -0.05) is 13.3 Å². The Labute approximate surface area is 118 Å². The largest absolute Gasteiger partial charge is 0.381 e. The van der Waals surface area contributed by atoms with Crippen molar-refractivity contribution in [1.29, 1.82) is 0 Å². The molecule has 3 rings (SSSR count). The van der Waals surface area contributed by atoms with Crippen LogP contribution in [0.5, 0.6) is 0 Å². The molecule has 0 amide bonds. The highest BCUT2D eigenvalue weighted by Crippen LogP contribution is 2.32. The number of nitrogens with zero attached hydrogens (tertiary/aromatic N) is 1. The van der Waals surface area contributed by atoms with Crippen LogP contribution >= 0.6 is 0 Å². The average Bonchev–Trinajstić information content (AvgIpc) is 3.17. The summed E-state index contributed by atoms with van der Waals surface area (Å²) in [7, 11) is 0. The summed E-state index contributed by atoms with van der Waals surface area (Å²) < 4.78 is 5.73. The van der Waals surface area contributed by atoms with Crippen molar-refractivity contribution in [3.63, 3.8) is 0 Å². The molecule has 1 unspecified atom stereocenters. The summed E-state index contributed by atoms with van der Waals surface area (Å²) in [6, 6.07) is 0.823. The second-order valence-electron chi connectivity index (χ2n) is 7.09. The molecular formula is C16H30N2O. The minimum Gasteiger partial charge on any atom is -0.381 e. The van der Waals surface area contributed by atoms with Crippen molar-refractivity contribution in [3.8, 4) is 0 Å². The number of hydrogen-bond donors (Lipinski definition) is 1. The fraction of sp³-hybridized carbons (Fsp3) is 1.00. The van der Waals surface area contributed by atoms with Gasteiger partial charge in [0.25, 0.3) is 0 Å². The number of nitrogens with one attached hydrogen (secondary N) is 1. The molecule has 1 aliphatic carbocycles. The molecular weight excluding hydrogens is 236 g/mol. The number of ether oxygens (including phenoxy) is 1. The van der Waals surface area contributed by atoms with Crippen molar-refractivity contribution >= 4 is 0 Å². The number of piperidine rings is 1. The first-order valence-corrected chi connectivity index (χ1v) is 8.33. The van der Waals surface area contributed by atoms with E-state index in [0.717, 1.165) is 25.2 Å². The van der Waals surface area contributed by atoms with E-state index in [9.17, 15) is 0 Å². The second-order valence-corrected chi connectivity index (χ2v) is 7.09. The van der Waals surface area contributed by atoms with Gasteiger partial charge in [-0.2, -0.15) is 0 Å². The van der Waals surface area contributed by atoms with Crippen LogP contribution in [0.3, 0.4) is 0 Å². The molecule has 0 bridgehead atoms. The number of likely N-dealkylation sites (tertiary alicyclic amines) is 1. The standard InChI is InChI=1S/C16H30N2O/c1-2-14-5-8-18(9-6-14)12-16(7-10-19-13-16)11-17-15-3-4-15/h14-15,17H,2-13H2,1H3. The van der Waals surface area contributed by atoms with E-state index >= 15 is 0 Å². The van der Waals surface area contributed by atoms with Crippen molar-refractivity contribution in [3.05, 3.63) is 0 Å². The molecule has 0 aromatic rings. The molecule has 1 atom stereocenters. The van der Waals surface area contributed by atoms with Crippen LogP contribution in [0.1, 0.15) is 45.4 Å². The predicted octanol–water partition coefficient (Wildman–Crippen LogP) is 2.27. The summed E-state index contributed by atoms with van der Waals surface area (Å²) in [6.45, 7) is 9.33. The van der Waals surface area contributed by atoms with Crippen LogP contribution in [0.2, 0.25) is 0 Å². The van der Waals surface area contributed by atoms with Gasteiger partial charge in [0.1, 0.15) is 0 Å². The van der Waals surface area contributed by atoms with Crippen molar-refractivity contribution in [2.24, 2.45) is 11.3 Å². The van der Waals surface area contributed by atoms with Gasteiger partial charge < -0.3 is 15.0 Å². The van der Waals surface area contributed by atoms with Crippen molar-refractivity contribution in [1.82, 2.24) is 10.2 Å². The molecule has 3 aliphatic rings. The molecule has 3 nitrogen and oxygen atoms in total. The van der Waals surface area contributed by atoms with E-state index in [-0.39, 0.29) is 0 Å². The monoisotopic (exact) mass is 266 g/mol. The third-order valence-electron chi connectivity index (χ3n) is 5.37. The Balaban J connectivity index is 1.49. The van der Waals surface area contributed by atoms with Crippen LogP contribution in [-0.2, 0) is 4.74 Å². The maximum atomic E-state index is 5.73. The normalized spacial score (nSPS) is 33.9. The molecule has 2 saturated heterocycles. The molecule has 2 aliphatic heterocycles. The number of hydrogen-bond acceptors (Lipinski definition) is 3. The fourth-order valence-electron chi connectivity index (χ4n) is 3.64. The van der Waals surface area contributed by atoms with Crippen LogP contribution in [0.15, 0.2) is 0 Å². The predicted molar refractivity (Wildman–Crippen MR) is 78.3 cm³/mol. The molecule has 3 fully saturated rings. The fourth-order valence-corrected chi connectivity index (χ4v) is 3.64. The van der Waals surface area contributed by atoms with Gasteiger partial charge in [0, 0.05) is 31.2 Å². The van der Waals surface area contributed by atoms with Crippen molar-refractivity contribution < 1.29 is 4.74 Å². The minimum atomic E-state index is 0.404. The Morgan fingerprint density at radius 3 is 2.58 bits per heavy atom. The quantitative estimate of drug-likeness (QED) is 0.798. The molecule has 0 aromatic carbocycles. The van der Waals surface area contributed by atoms with Gasteiger partial charge in [-0.15, -0.1) is 0 Å². The number of rotatable bonds is 6. The lowest BCUT2D eigenvalue weighted by Gasteiger charge is -2.38.